The number of tetrazole rings is 1. The number of hydrogen-bond acceptors (Lipinski definition) is 7. The van der Waals surface area contributed by atoms with Gasteiger partial charge in [0.1, 0.15) is 0 Å². The van der Waals surface area contributed by atoms with Crippen LogP contribution in [0.1, 0.15) is 5.56 Å². The van der Waals surface area contributed by atoms with Crippen LogP contribution in [0.3, 0.4) is 0 Å². The average molecular weight is 273 g/mol. The summed E-state index contributed by atoms with van der Waals surface area (Å²) in [5.74, 6) is 0.159. The van der Waals surface area contributed by atoms with E-state index in [4.69, 9.17) is 10.5 Å². The van der Waals surface area contributed by atoms with Crippen molar-refractivity contribution in [3.8, 4) is 0 Å². The van der Waals surface area contributed by atoms with E-state index in [-0.39, 0.29) is 5.95 Å². The van der Waals surface area contributed by atoms with E-state index in [1.165, 1.54) is 10.5 Å². The number of nitrogen functional groups attached to an aromatic ring is 1. The van der Waals surface area contributed by atoms with Crippen LogP contribution in [-0.4, -0.2) is 52.8 Å². The molecule has 2 N–H and O–H groups in total. The van der Waals surface area contributed by atoms with Gasteiger partial charge in [-0.1, -0.05) is 22.0 Å². The Bertz CT molecular complexity index is 586. The second-order valence-electron chi connectivity index (χ2n) is 4.36. The monoisotopic (exact) mass is 273 g/mol. The summed E-state index contributed by atoms with van der Waals surface area (Å²) < 4.78 is 5.34. The van der Waals surface area contributed by atoms with Crippen molar-refractivity contribution < 1.29 is 4.74 Å². The zero-order valence-electron chi connectivity index (χ0n) is 10.9. The van der Waals surface area contributed by atoms with Crippen molar-refractivity contribution in [3.63, 3.8) is 0 Å². The predicted molar refractivity (Wildman–Crippen MR) is 74.7 cm³/mol. The first-order chi connectivity index (χ1) is 9.83. The molecule has 0 radical (unpaired) electrons. The lowest BCUT2D eigenvalue weighted by molar-refractivity contribution is 0.122. The first-order valence-corrected chi connectivity index (χ1v) is 6.34. The van der Waals surface area contributed by atoms with E-state index in [0.717, 1.165) is 31.9 Å². The van der Waals surface area contributed by atoms with Crippen molar-refractivity contribution in [2.24, 2.45) is 5.10 Å². The van der Waals surface area contributed by atoms with Crippen molar-refractivity contribution in [2.75, 3.05) is 36.9 Å². The zero-order chi connectivity index (χ0) is 13.8. The van der Waals surface area contributed by atoms with Crippen molar-refractivity contribution in [1.82, 2.24) is 20.3 Å². The third kappa shape index (κ3) is 2.75. The molecule has 2 heterocycles. The van der Waals surface area contributed by atoms with Crippen LogP contribution in [0.2, 0.25) is 0 Å². The molecule has 1 aliphatic rings. The smallest absolute Gasteiger partial charge is 0.263 e. The molecule has 1 fully saturated rings. The maximum atomic E-state index is 5.52. The van der Waals surface area contributed by atoms with Gasteiger partial charge in [0.15, 0.2) is 0 Å². The molecule has 1 aromatic heterocycles. The molecule has 0 spiro atoms. The fourth-order valence-electron chi connectivity index (χ4n) is 1.99. The Hall–Kier alpha value is -2.48. The summed E-state index contributed by atoms with van der Waals surface area (Å²) in [5, 5.41) is 14.7. The normalized spacial score (nSPS) is 15.9. The molecule has 1 aromatic carbocycles. The average Bonchev–Trinajstić information content (AvgIpc) is 2.92. The number of anilines is 2. The highest BCUT2D eigenvalue weighted by Gasteiger charge is 2.10. The Morgan fingerprint density at radius 3 is 2.60 bits per heavy atom. The molecular weight excluding hydrogens is 258 g/mol. The van der Waals surface area contributed by atoms with E-state index in [1.807, 2.05) is 12.1 Å². The number of ether oxygens (including phenoxy) is 1. The summed E-state index contributed by atoms with van der Waals surface area (Å²) in [7, 11) is 0. The van der Waals surface area contributed by atoms with Gasteiger partial charge in [-0.2, -0.15) is 5.10 Å². The highest BCUT2D eigenvalue weighted by Crippen LogP contribution is 2.15. The minimum Gasteiger partial charge on any atom is -0.378 e. The number of morpholine rings is 1. The lowest BCUT2D eigenvalue weighted by Crippen LogP contribution is -2.36. The van der Waals surface area contributed by atoms with Crippen LogP contribution in [-0.2, 0) is 4.74 Å². The summed E-state index contributed by atoms with van der Waals surface area (Å²) in [4.78, 5) is 3.47. The summed E-state index contributed by atoms with van der Waals surface area (Å²) in [6.07, 6.45) is 1.66. The highest BCUT2D eigenvalue weighted by atomic mass is 16.5. The maximum absolute atomic E-state index is 5.52. The van der Waals surface area contributed by atoms with Gasteiger partial charge in [-0.15, -0.1) is 0 Å². The first-order valence-electron chi connectivity index (χ1n) is 6.34. The van der Waals surface area contributed by atoms with E-state index >= 15 is 0 Å². The Kier molecular flexibility index (Phi) is 3.55. The molecule has 0 atom stereocenters. The van der Waals surface area contributed by atoms with E-state index in [2.05, 4.69) is 37.7 Å². The van der Waals surface area contributed by atoms with Crippen LogP contribution in [0, 0.1) is 0 Å². The second-order valence-corrected chi connectivity index (χ2v) is 4.36. The molecule has 0 bridgehead atoms. The molecule has 0 amide bonds. The third-order valence-electron chi connectivity index (χ3n) is 3.06. The van der Waals surface area contributed by atoms with Gasteiger partial charge in [0.2, 0.25) is 0 Å². The van der Waals surface area contributed by atoms with Gasteiger partial charge in [0.05, 0.1) is 19.4 Å². The van der Waals surface area contributed by atoms with E-state index in [1.54, 1.807) is 6.21 Å². The van der Waals surface area contributed by atoms with Crippen LogP contribution < -0.4 is 10.6 Å². The molecular formula is C12H15N7O. The van der Waals surface area contributed by atoms with E-state index < -0.39 is 0 Å². The standard InChI is InChI=1S/C12H15N7O/c13-12-15-16-17-19(12)14-9-10-1-3-11(4-2-10)18-5-7-20-8-6-18/h1-4,9H,5-8H2,(H2,13,15,17). The largest absolute Gasteiger partial charge is 0.378 e. The molecule has 2 aromatic rings. The molecule has 8 heteroatoms. The molecule has 20 heavy (non-hydrogen) atoms. The molecule has 1 saturated heterocycles. The molecule has 0 saturated carbocycles. The predicted octanol–water partition coefficient (Wildman–Crippen LogP) is -0.0259. The molecule has 1 aliphatic heterocycles. The molecule has 0 unspecified atom stereocenters. The number of nitrogens with two attached hydrogens (primary N) is 1. The van der Waals surface area contributed by atoms with Crippen molar-refractivity contribution >= 4 is 17.9 Å². The first kappa shape index (κ1) is 12.5. The number of benzene rings is 1. The van der Waals surface area contributed by atoms with Crippen molar-refractivity contribution in [3.05, 3.63) is 29.8 Å². The number of rotatable bonds is 3. The van der Waals surface area contributed by atoms with E-state index in [0.29, 0.717) is 0 Å². The minimum absolute atomic E-state index is 0.159. The van der Waals surface area contributed by atoms with Gasteiger partial charge in [-0.25, -0.2) is 0 Å². The van der Waals surface area contributed by atoms with Crippen molar-refractivity contribution in [1.29, 1.82) is 0 Å². The fraction of sp³-hybridized carbons (Fsp3) is 0.333. The highest BCUT2D eigenvalue weighted by molar-refractivity contribution is 5.80. The SMILES string of the molecule is Nc1nnnn1N=Cc1ccc(N2CCOCC2)cc1. The Labute approximate surface area is 115 Å². The summed E-state index contributed by atoms with van der Waals surface area (Å²) in [6.45, 7) is 3.41. The summed E-state index contributed by atoms with van der Waals surface area (Å²) >= 11 is 0. The van der Waals surface area contributed by atoms with Crippen LogP contribution in [0.5, 0.6) is 0 Å². The third-order valence-corrected chi connectivity index (χ3v) is 3.06. The van der Waals surface area contributed by atoms with Crippen LogP contribution >= 0.6 is 0 Å². The van der Waals surface area contributed by atoms with Gasteiger partial charge < -0.3 is 15.4 Å². The van der Waals surface area contributed by atoms with Crippen LogP contribution in [0.4, 0.5) is 11.6 Å². The Morgan fingerprint density at radius 1 is 1.20 bits per heavy atom. The quantitative estimate of drug-likeness (QED) is 0.789. The van der Waals surface area contributed by atoms with Gasteiger partial charge in [0.25, 0.3) is 5.95 Å². The van der Waals surface area contributed by atoms with E-state index in [9.17, 15) is 0 Å². The lowest BCUT2D eigenvalue weighted by Gasteiger charge is -2.28. The Morgan fingerprint density at radius 2 is 1.95 bits per heavy atom. The van der Waals surface area contributed by atoms with Crippen LogP contribution in [0.25, 0.3) is 0 Å². The topological polar surface area (TPSA) is 94.5 Å². The maximum Gasteiger partial charge on any atom is 0.263 e. The number of hydrogen-bond donors (Lipinski definition) is 1. The van der Waals surface area contributed by atoms with Crippen molar-refractivity contribution in [2.45, 2.75) is 0 Å². The number of nitrogens with zero attached hydrogens (tertiary/aromatic N) is 6. The number of aromatic nitrogens is 4. The molecule has 8 nitrogen and oxygen atoms in total. The van der Waals surface area contributed by atoms with Gasteiger partial charge in [-0.3, -0.25) is 0 Å². The summed E-state index contributed by atoms with van der Waals surface area (Å²) in [5.41, 5.74) is 7.66. The molecule has 104 valence electrons. The van der Waals surface area contributed by atoms with Gasteiger partial charge in [-0.05, 0) is 28.1 Å². The Balaban J connectivity index is 1.69. The summed E-state index contributed by atoms with van der Waals surface area (Å²) in [6, 6.07) is 8.12. The fourth-order valence-corrected chi connectivity index (χ4v) is 1.99. The molecule has 0 aliphatic carbocycles. The zero-order valence-corrected chi connectivity index (χ0v) is 10.9. The van der Waals surface area contributed by atoms with Crippen LogP contribution in [0.15, 0.2) is 29.4 Å². The lowest BCUT2D eigenvalue weighted by atomic mass is 10.2. The molecule has 3 rings (SSSR count). The second kappa shape index (κ2) is 5.66. The van der Waals surface area contributed by atoms with Gasteiger partial charge >= 0.3 is 0 Å². The minimum atomic E-state index is 0.159. The van der Waals surface area contributed by atoms with Gasteiger partial charge in [0, 0.05) is 18.8 Å².